The van der Waals surface area contributed by atoms with Crippen LogP contribution in [-0.4, -0.2) is 96.2 Å². The van der Waals surface area contributed by atoms with E-state index in [0.29, 0.717) is 71.1 Å². The van der Waals surface area contributed by atoms with Gasteiger partial charge < -0.3 is 15.0 Å². The fraction of sp³-hybridized carbons (Fsp3) is 0.275. The molecule has 0 saturated carbocycles. The highest BCUT2D eigenvalue weighted by molar-refractivity contribution is 7.99. The predicted molar refractivity (Wildman–Crippen MR) is 233 cm³/mol. The summed E-state index contributed by atoms with van der Waals surface area (Å²) in [6.45, 7) is 4.55. The molecule has 0 aliphatic carbocycles. The van der Waals surface area contributed by atoms with Gasteiger partial charge in [0, 0.05) is 72.6 Å². The number of nitro groups is 1. The van der Waals surface area contributed by atoms with E-state index < -0.39 is 31.4 Å². The number of rotatable bonds is 15. The van der Waals surface area contributed by atoms with Crippen LogP contribution < -0.4 is 20.3 Å². The minimum absolute atomic E-state index is 0.133. The Morgan fingerprint density at radius 3 is 2.62 bits per heavy atom. The number of hydrogen-bond donors (Lipinski definition) is 3. The number of carbonyl (C=O) groups excluding carboxylic acids is 2. The highest BCUT2D eigenvalue weighted by Crippen LogP contribution is 2.33. The number of nitrogens with zero attached hydrogens (tertiary/aromatic N) is 6. The van der Waals surface area contributed by atoms with Crippen LogP contribution in [0.4, 0.5) is 21.6 Å². The maximum absolute atomic E-state index is 13.5. The maximum atomic E-state index is 13.5. The van der Waals surface area contributed by atoms with Gasteiger partial charge in [-0.2, -0.15) is 0 Å². The second-order valence-corrected chi connectivity index (χ2v) is 18.6. The number of hydrogen-bond acceptors (Lipinski definition) is 16. The SMILES string of the molecule is O=C(NS(=O)(=O)c1ccc(N[C@H](CCN2CCOCC2)CSc2ccccc2)c([N+](=O)[O-])c1)c1csc(N2CCc3cccc(C(=O)Nc4nc5cccnc5s4)c3C2)n1. The normalized spacial score (nSPS) is 15.0. The number of aromatic nitrogens is 3. The zero-order valence-electron chi connectivity index (χ0n) is 32.0. The summed E-state index contributed by atoms with van der Waals surface area (Å²) in [5.74, 6) is -0.681. The van der Waals surface area contributed by atoms with Crippen LogP contribution in [0.3, 0.4) is 0 Å². The van der Waals surface area contributed by atoms with Gasteiger partial charge in [-0.05, 0) is 66.4 Å². The number of pyridine rings is 1. The van der Waals surface area contributed by atoms with Crippen molar-refractivity contribution in [3.8, 4) is 0 Å². The van der Waals surface area contributed by atoms with Gasteiger partial charge in [-0.25, -0.2) is 28.1 Å². The van der Waals surface area contributed by atoms with Crippen molar-refractivity contribution in [2.75, 3.05) is 60.7 Å². The van der Waals surface area contributed by atoms with Crippen LogP contribution in [-0.2, 0) is 27.7 Å². The lowest BCUT2D eigenvalue weighted by atomic mass is 9.94. The molecular weight excluding hydrogens is 847 g/mol. The Morgan fingerprint density at radius 2 is 1.82 bits per heavy atom. The molecule has 3 aromatic carbocycles. The summed E-state index contributed by atoms with van der Waals surface area (Å²) in [5, 5.41) is 20.9. The lowest BCUT2D eigenvalue weighted by molar-refractivity contribution is -0.384. The first-order chi connectivity index (χ1) is 29.1. The number of morpholine rings is 1. The quantitative estimate of drug-likeness (QED) is 0.0591. The fourth-order valence-electron chi connectivity index (χ4n) is 6.94. The number of carbonyl (C=O) groups is 2. The molecule has 2 aliphatic rings. The first-order valence-corrected chi connectivity index (χ1v) is 23.2. The third kappa shape index (κ3) is 9.75. The monoisotopic (exact) mass is 885 g/mol. The number of anilines is 3. The summed E-state index contributed by atoms with van der Waals surface area (Å²) < 4.78 is 34.5. The molecular formula is C40H39N9O7S4. The zero-order chi connectivity index (χ0) is 41.6. The molecule has 310 valence electrons. The molecule has 5 heterocycles. The molecule has 1 fully saturated rings. The first-order valence-electron chi connectivity index (χ1n) is 19.0. The van der Waals surface area contributed by atoms with Crippen molar-refractivity contribution in [1.29, 1.82) is 0 Å². The molecule has 0 spiro atoms. The molecule has 16 nitrogen and oxygen atoms in total. The van der Waals surface area contributed by atoms with Gasteiger partial charge in [0.25, 0.3) is 27.5 Å². The fourth-order valence-corrected chi connectivity index (χ4v) is 10.5. The number of ether oxygens (including phenoxy) is 1. The van der Waals surface area contributed by atoms with Crippen LogP contribution in [0, 0.1) is 10.1 Å². The van der Waals surface area contributed by atoms with Crippen LogP contribution in [0.1, 0.15) is 38.4 Å². The van der Waals surface area contributed by atoms with Crippen molar-refractivity contribution in [3.63, 3.8) is 0 Å². The van der Waals surface area contributed by atoms with Crippen LogP contribution in [0.15, 0.2) is 100 Å². The molecule has 0 unspecified atom stereocenters. The van der Waals surface area contributed by atoms with E-state index in [1.165, 1.54) is 28.8 Å². The maximum Gasteiger partial charge on any atom is 0.293 e. The highest BCUT2D eigenvalue weighted by Gasteiger charge is 2.28. The molecule has 3 N–H and O–H groups in total. The standard InChI is InChI=1S/C40H39N9O7S4/c50-36(45-39-43-33-10-5-15-41-38(33)59-39)30-9-4-6-26-13-17-48(23-31(26)30)40-44-34(25-58-40)37(51)46-60(54,55)29-11-12-32(35(22-29)49(52)53)42-27(14-16-47-18-20-56-21-19-47)24-57-28-7-2-1-3-8-28/h1-12,15,22,25,27,42H,13-14,16-21,23-24H2,(H,46,51)(H,43,45,50)/t27-/m1/s1. The van der Waals surface area contributed by atoms with Gasteiger partial charge in [-0.1, -0.05) is 41.7 Å². The number of thioether (sulfide) groups is 1. The topological polar surface area (TPSA) is 202 Å². The molecule has 0 bridgehead atoms. The molecule has 1 saturated heterocycles. The van der Waals surface area contributed by atoms with Crippen molar-refractivity contribution in [3.05, 3.63) is 123 Å². The third-order valence-corrected chi connectivity index (χ3v) is 14.4. The average Bonchev–Trinajstić information content (AvgIpc) is 3.93. The molecule has 1 atom stereocenters. The van der Waals surface area contributed by atoms with E-state index in [0.717, 1.165) is 53.1 Å². The summed E-state index contributed by atoms with van der Waals surface area (Å²) in [7, 11) is -4.54. The van der Waals surface area contributed by atoms with E-state index in [1.54, 1.807) is 30.1 Å². The second kappa shape index (κ2) is 18.4. The first kappa shape index (κ1) is 41.2. The molecule has 0 radical (unpaired) electrons. The van der Waals surface area contributed by atoms with Gasteiger partial charge in [0.2, 0.25) is 0 Å². The Balaban J connectivity index is 0.934. The lowest BCUT2D eigenvalue weighted by Gasteiger charge is -2.29. The van der Waals surface area contributed by atoms with Crippen LogP contribution >= 0.6 is 34.4 Å². The van der Waals surface area contributed by atoms with E-state index in [4.69, 9.17) is 4.74 Å². The second-order valence-electron chi connectivity index (χ2n) is 14.0. The number of nitrogens with one attached hydrogen (secondary N) is 3. The predicted octanol–water partition coefficient (Wildman–Crippen LogP) is 6.28. The Morgan fingerprint density at radius 1 is 0.983 bits per heavy atom. The van der Waals surface area contributed by atoms with Crippen molar-refractivity contribution in [1.82, 2.24) is 24.6 Å². The third-order valence-electron chi connectivity index (χ3n) is 10.1. The van der Waals surface area contributed by atoms with Gasteiger partial charge in [-0.3, -0.25) is 29.9 Å². The summed E-state index contributed by atoms with van der Waals surface area (Å²) in [6.07, 6.45) is 2.97. The summed E-state index contributed by atoms with van der Waals surface area (Å²) >= 11 is 4.07. The number of amides is 2. The minimum Gasteiger partial charge on any atom is -0.379 e. The number of sulfonamides is 1. The zero-order valence-corrected chi connectivity index (χ0v) is 35.2. The number of fused-ring (bicyclic) bond motifs is 2. The largest absolute Gasteiger partial charge is 0.379 e. The molecule has 2 amide bonds. The van der Waals surface area contributed by atoms with Crippen LogP contribution in [0.2, 0.25) is 0 Å². The molecule has 8 rings (SSSR count). The summed E-state index contributed by atoms with van der Waals surface area (Å²) in [4.78, 5) is 57.3. The number of benzene rings is 3. The Hall–Kier alpha value is -5.51. The highest BCUT2D eigenvalue weighted by atomic mass is 32.2. The van der Waals surface area contributed by atoms with E-state index in [1.807, 2.05) is 58.2 Å². The molecule has 2 aliphatic heterocycles. The lowest BCUT2D eigenvalue weighted by Crippen LogP contribution is -2.39. The van der Waals surface area contributed by atoms with Crippen molar-refractivity contribution < 1.29 is 27.7 Å². The van der Waals surface area contributed by atoms with Gasteiger partial charge >= 0.3 is 0 Å². The Labute approximate surface area is 357 Å². The van der Waals surface area contributed by atoms with Crippen molar-refractivity contribution in [2.24, 2.45) is 0 Å². The summed E-state index contributed by atoms with van der Waals surface area (Å²) in [6, 6.07) is 22.4. The van der Waals surface area contributed by atoms with E-state index in [-0.39, 0.29) is 23.3 Å². The van der Waals surface area contributed by atoms with E-state index in [2.05, 4.69) is 30.5 Å². The van der Waals surface area contributed by atoms with E-state index >= 15 is 0 Å². The van der Waals surface area contributed by atoms with Crippen LogP contribution in [0.5, 0.6) is 0 Å². The molecule has 3 aromatic heterocycles. The van der Waals surface area contributed by atoms with Gasteiger partial charge in [0.15, 0.2) is 10.3 Å². The summed E-state index contributed by atoms with van der Waals surface area (Å²) in [5.41, 5.74) is 2.60. The number of nitro benzene ring substituents is 1. The van der Waals surface area contributed by atoms with Gasteiger partial charge in [-0.15, -0.1) is 23.1 Å². The Bertz CT molecular complexity index is 2600. The van der Waals surface area contributed by atoms with Gasteiger partial charge in [0.1, 0.15) is 21.7 Å². The van der Waals surface area contributed by atoms with E-state index in [9.17, 15) is 28.1 Å². The number of thiazole rings is 2. The Kier molecular flexibility index (Phi) is 12.6. The average molecular weight is 886 g/mol. The molecule has 60 heavy (non-hydrogen) atoms. The smallest absolute Gasteiger partial charge is 0.293 e. The van der Waals surface area contributed by atoms with Crippen molar-refractivity contribution in [2.45, 2.75) is 35.2 Å². The van der Waals surface area contributed by atoms with Gasteiger partial charge in [0.05, 0.1) is 23.0 Å². The van der Waals surface area contributed by atoms with Crippen molar-refractivity contribution >= 4 is 88.3 Å². The van der Waals surface area contributed by atoms with Crippen LogP contribution in [0.25, 0.3) is 10.3 Å². The molecule has 6 aromatic rings. The molecule has 20 heteroatoms. The minimum atomic E-state index is -4.54.